The number of rotatable bonds is 7. The highest BCUT2D eigenvalue weighted by Crippen LogP contribution is 2.37. The van der Waals surface area contributed by atoms with Gasteiger partial charge >= 0.3 is 0 Å². The van der Waals surface area contributed by atoms with Gasteiger partial charge in [-0.25, -0.2) is 14.5 Å². The van der Waals surface area contributed by atoms with Crippen LogP contribution < -0.4 is 0 Å². The second-order valence-electron chi connectivity index (χ2n) is 6.26. The summed E-state index contributed by atoms with van der Waals surface area (Å²) < 4.78 is 11.8. The number of nitrogens with zero attached hydrogens (tertiary/aromatic N) is 5. The highest BCUT2D eigenvalue weighted by molar-refractivity contribution is 7.19. The van der Waals surface area contributed by atoms with E-state index >= 15 is 0 Å². The van der Waals surface area contributed by atoms with Crippen molar-refractivity contribution >= 4 is 33.1 Å². The quantitative estimate of drug-likeness (QED) is 0.623. The minimum atomic E-state index is -0.220. The Hall–Kier alpha value is -2.10. The standard InChI is InChI=1S/C17H21N5O3S/c1-24-8-6-21(7-9-25-2)17(23)14-19-15-13-11-4-3-5-12(11)26-16(13)18-10-22(15)20-14/h10H,3-9H2,1-2H3. The second kappa shape index (κ2) is 7.26. The number of hydrogen-bond acceptors (Lipinski definition) is 7. The molecular weight excluding hydrogens is 354 g/mol. The topological polar surface area (TPSA) is 81.9 Å². The Labute approximate surface area is 154 Å². The molecule has 0 spiro atoms. The van der Waals surface area contributed by atoms with Crippen LogP contribution in [0.15, 0.2) is 6.33 Å². The molecule has 0 unspecified atom stereocenters. The molecule has 3 aromatic heterocycles. The fourth-order valence-electron chi connectivity index (χ4n) is 3.34. The molecule has 1 aliphatic carbocycles. The molecule has 1 aliphatic rings. The maximum Gasteiger partial charge on any atom is 0.293 e. The molecule has 3 heterocycles. The van der Waals surface area contributed by atoms with E-state index in [-0.39, 0.29) is 11.7 Å². The van der Waals surface area contributed by atoms with Crippen LogP contribution in [0.25, 0.3) is 15.9 Å². The Morgan fingerprint density at radius 1 is 1.27 bits per heavy atom. The summed E-state index contributed by atoms with van der Waals surface area (Å²) in [5.74, 6) is -0.0349. The average molecular weight is 375 g/mol. The Morgan fingerprint density at radius 3 is 2.77 bits per heavy atom. The molecule has 0 fully saturated rings. The molecule has 1 amide bonds. The van der Waals surface area contributed by atoms with Gasteiger partial charge in [0.05, 0.1) is 18.6 Å². The number of methoxy groups -OCH3 is 2. The van der Waals surface area contributed by atoms with Crippen molar-refractivity contribution in [3.05, 3.63) is 22.6 Å². The number of carbonyl (C=O) groups is 1. The first-order valence-corrected chi connectivity index (χ1v) is 9.47. The Balaban J connectivity index is 1.71. The van der Waals surface area contributed by atoms with Gasteiger partial charge in [0, 0.05) is 32.2 Å². The lowest BCUT2D eigenvalue weighted by Gasteiger charge is -2.20. The number of amides is 1. The van der Waals surface area contributed by atoms with Crippen LogP contribution in [0.5, 0.6) is 0 Å². The van der Waals surface area contributed by atoms with Crippen molar-refractivity contribution in [3.8, 4) is 0 Å². The Morgan fingerprint density at radius 2 is 2.04 bits per heavy atom. The van der Waals surface area contributed by atoms with Crippen molar-refractivity contribution in [3.63, 3.8) is 0 Å². The van der Waals surface area contributed by atoms with Crippen molar-refractivity contribution in [2.45, 2.75) is 19.3 Å². The van der Waals surface area contributed by atoms with Crippen molar-refractivity contribution in [1.29, 1.82) is 0 Å². The van der Waals surface area contributed by atoms with E-state index in [4.69, 9.17) is 9.47 Å². The van der Waals surface area contributed by atoms with E-state index in [1.54, 1.807) is 41.3 Å². The highest BCUT2D eigenvalue weighted by Gasteiger charge is 2.25. The number of thiophene rings is 1. The smallest absolute Gasteiger partial charge is 0.293 e. The molecule has 26 heavy (non-hydrogen) atoms. The predicted octanol–water partition coefficient (Wildman–Crippen LogP) is 1.56. The lowest BCUT2D eigenvalue weighted by molar-refractivity contribution is 0.0616. The normalized spacial score (nSPS) is 13.6. The van der Waals surface area contributed by atoms with Gasteiger partial charge in [-0.05, 0) is 24.8 Å². The summed E-state index contributed by atoms with van der Waals surface area (Å²) in [6, 6.07) is 0. The van der Waals surface area contributed by atoms with E-state index in [1.807, 2.05) is 0 Å². The summed E-state index contributed by atoms with van der Waals surface area (Å²) in [6.45, 7) is 1.84. The van der Waals surface area contributed by atoms with Crippen LogP contribution in [-0.2, 0) is 22.3 Å². The third kappa shape index (κ3) is 2.95. The fraction of sp³-hybridized carbons (Fsp3) is 0.529. The van der Waals surface area contributed by atoms with Crippen molar-refractivity contribution < 1.29 is 14.3 Å². The lowest BCUT2D eigenvalue weighted by atomic mass is 10.2. The minimum Gasteiger partial charge on any atom is -0.383 e. The van der Waals surface area contributed by atoms with Gasteiger partial charge < -0.3 is 14.4 Å². The van der Waals surface area contributed by atoms with E-state index in [1.165, 1.54) is 16.9 Å². The predicted molar refractivity (Wildman–Crippen MR) is 97.8 cm³/mol. The first-order chi connectivity index (χ1) is 12.7. The summed E-state index contributed by atoms with van der Waals surface area (Å²) in [4.78, 5) is 26.0. The van der Waals surface area contributed by atoms with Crippen LogP contribution in [0, 0.1) is 0 Å². The third-order valence-corrected chi connectivity index (χ3v) is 5.85. The van der Waals surface area contributed by atoms with Gasteiger partial charge in [-0.15, -0.1) is 16.4 Å². The molecule has 3 aromatic rings. The van der Waals surface area contributed by atoms with Crippen LogP contribution in [0.1, 0.15) is 27.5 Å². The van der Waals surface area contributed by atoms with Gasteiger partial charge in [0.2, 0.25) is 5.82 Å². The molecule has 138 valence electrons. The zero-order chi connectivity index (χ0) is 18.1. The van der Waals surface area contributed by atoms with Gasteiger partial charge in [0.1, 0.15) is 11.2 Å². The Bertz CT molecular complexity index is 943. The third-order valence-electron chi connectivity index (χ3n) is 4.65. The second-order valence-corrected chi connectivity index (χ2v) is 7.35. The van der Waals surface area contributed by atoms with Crippen molar-refractivity contribution in [1.82, 2.24) is 24.5 Å². The SMILES string of the molecule is COCCN(CCOC)C(=O)c1nc2c3c4c(sc3ncn2n1)CCC4. The van der Waals surface area contributed by atoms with E-state index in [0.717, 1.165) is 28.7 Å². The number of carbonyl (C=O) groups excluding carboxylic acids is 1. The van der Waals surface area contributed by atoms with Crippen LogP contribution in [0.3, 0.4) is 0 Å². The average Bonchev–Trinajstić information content (AvgIpc) is 3.34. The molecule has 0 N–H and O–H groups in total. The minimum absolute atomic E-state index is 0.185. The van der Waals surface area contributed by atoms with Gasteiger partial charge in [0.25, 0.3) is 5.91 Å². The highest BCUT2D eigenvalue weighted by atomic mass is 32.1. The molecule has 9 heteroatoms. The molecule has 0 saturated carbocycles. The summed E-state index contributed by atoms with van der Waals surface area (Å²) in [6.07, 6.45) is 4.95. The van der Waals surface area contributed by atoms with Crippen molar-refractivity contribution in [2.24, 2.45) is 0 Å². The summed E-state index contributed by atoms with van der Waals surface area (Å²) >= 11 is 1.73. The van der Waals surface area contributed by atoms with Crippen LogP contribution in [-0.4, -0.2) is 70.9 Å². The molecule has 0 aliphatic heterocycles. The number of ether oxygens (including phenoxy) is 2. The van der Waals surface area contributed by atoms with Crippen LogP contribution in [0.2, 0.25) is 0 Å². The maximum absolute atomic E-state index is 12.9. The Kier molecular flexibility index (Phi) is 4.84. The van der Waals surface area contributed by atoms with Crippen LogP contribution >= 0.6 is 11.3 Å². The van der Waals surface area contributed by atoms with Crippen molar-refractivity contribution in [2.75, 3.05) is 40.5 Å². The van der Waals surface area contributed by atoms with Gasteiger partial charge in [-0.1, -0.05) is 0 Å². The zero-order valence-electron chi connectivity index (χ0n) is 14.9. The molecule has 0 radical (unpaired) electrons. The zero-order valence-corrected chi connectivity index (χ0v) is 15.7. The lowest BCUT2D eigenvalue weighted by Crippen LogP contribution is -2.37. The van der Waals surface area contributed by atoms with E-state index in [2.05, 4.69) is 15.1 Å². The number of hydrogen-bond donors (Lipinski definition) is 0. The first-order valence-electron chi connectivity index (χ1n) is 8.65. The first kappa shape index (κ1) is 17.3. The summed E-state index contributed by atoms with van der Waals surface area (Å²) in [7, 11) is 3.23. The monoisotopic (exact) mass is 375 g/mol. The fourth-order valence-corrected chi connectivity index (χ4v) is 4.57. The van der Waals surface area contributed by atoms with Gasteiger partial charge in [-0.3, -0.25) is 4.79 Å². The summed E-state index contributed by atoms with van der Waals surface area (Å²) in [5.41, 5.74) is 2.04. The molecule has 0 aromatic carbocycles. The molecule has 0 bridgehead atoms. The van der Waals surface area contributed by atoms with E-state index < -0.39 is 0 Å². The molecule has 0 atom stereocenters. The number of fused-ring (bicyclic) bond motifs is 5. The van der Waals surface area contributed by atoms with Crippen LogP contribution in [0.4, 0.5) is 0 Å². The molecule has 0 saturated heterocycles. The number of aromatic nitrogens is 4. The van der Waals surface area contributed by atoms with E-state index in [0.29, 0.717) is 26.3 Å². The maximum atomic E-state index is 12.9. The molecule has 4 rings (SSSR count). The molecular formula is C17H21N5O3S. The largest absolute Gasteiger partial charge is 0.383 e. The number of aryl methyl sites for hydroxylation is 2. The van der Waals surface area contributed by atoms with Gasteiger partial charge in [0.15, 0.2) is 5.65 Å². The van der Waals surface area contributed by atoms with Gasteiger partial charge in [-0.2, -0.15) is 0 Å². The molecule has 8 nitrogen and oxygen atoms in total. The van der Waals surface area contributed by atoms with E-state index in [9.17, 15) is 4.79 Å². The summed E-state index contributed by atoms with van der Waals surface area (Å²) in [5, 5.41) is 5.43.